The molecule has 3 unspecified atom stereocenters. The quantitative estimate of drug-likeness (QED) is 0.753. The van der Waals surface area contributed by atoms with Gasteiger partial charge in [-0.2, -0.15) is 0 Å². The van der Waals surface area contributed by atoms with Gasteiger partial charge in [0.2, 0.25) is 0 Å². The molecule has 0 aliphatic carbocycles. The Balaban J connectivity index is 2.45. The van der Waals surface area contributed by atoms with E-state index in [-0.39, 0.29) is 0 Å². The second-order valence-corrected chi connectivity index (χ2v) is 4.98. The van der Waals surface area contributed by atoms with Gasteiger partial charge in [0.25, 0.3) is 0 Å². The number of nitrogens with one attached hydrogen (secondary N) is 1. The Morgan fingerprint density at radius 2 is 2.13 bits per heavy atom. The summed E-state index contributed by atoms with van der Waals surface area (Å²) < 4.78 is 0. The third kappa shape index (κ3) is 3.46. The molecule has 0 aromatic heterocycles. The third-order valence-electron chi connectivity index (χ3n) is 3.99. The zero-order valence-electron chi connectivity index (χ0n) is 10.9. The van der Waals surface area contributed by atoms with Gasteiger partial charge in [0.1, 0.15) is 0 Å². The van der Waals surface area contributed by atoms with E-state index in [1.54, 1.807) is 0 Å². The lowest BCUT2D eigenvalue weighted by molar-refractivity contribution is 0.0995. The van der Waals surface area contributed by atoms with Crippen molar-refractivity contribution in [3.8, 4) is 0 Å². The average molecular weight is 212 g/mol. The van der Waals surface area contributed by atoms with Crippen LogP contribution in [0.1, 0.15) is 46.5 Å². The molecule has 0 saturated carbocycles. The van der Waals surface area contributed by atoms with E-state index in [1.165, 1.54) is 38.8 Å². The van der Waals surface area contributed by atoms with Crippen LogP contribution in [0, 0.1) is 5.92 Å². The highest BCUT2D eigenvalue weighted by atomic mass is 15.2. The largest absolute Gasteiger partial charge is 0.317 e. The molecular weight excluding hydrogens is 184 g/mol. The van der Waals surface area contributed by atoms with Crippen LogP contribution < -0.4 is 5.32 Å². The SMILES string of the molecule is CCCC(C)N1CCC(NC)C(CC)C1. The van der Waals surface area contributed by atoms with Gasteiger partial charge in [0.15, 0.2) is 0 Å². The lowest BCUT2D eigenvalue weighted by Gasteiger charge is -2.41. The molecule has 0 spiro atoms. The van der Waals surface area contributed by atoms with Gasteiger partial charge in [0, 0.05) is 18.6 Å². The standard InChI is InChI=1S/C13H28N2/c1-5-7-11(3)15-9-8-13(14-4)12(6-2)10-15/h11-14H,5-10H2,1-4H3. The van der Waals surface area contributed by atoms with Gasteiger partial charge in [-0.3, -0.25) is 0 Å². The van der Waals surface area contributed by atoms with Gasteiger partial charge in [-0.25, -0.2) is 0 Å². The van der Waals surface area contributed by atoms with Crippen LogP contribution in [0.2, 0.25) is 0 Å². The van der Waals surface area contributed by atoms with E-state index in [1.807, 2.05) is 0 Å². The van der Waals surface area contributed by atoms with Crippen LogP contribution in [-0.2, 0) is 0 Å². The Labute approximate surface area is 95.4 Å². The maximum absolute atomic E-state index is 3.47. The Bertz CT molecular complexity index is 170. The first kappa shape index (κ1) is 13.0. The second-order valence-electron chi connectivity index (χ2n) is 4.98. The topological polar surface area (TPSA) is 15.3 Å². The van der Waals surface area contributed by atoms with E-state index in [2.05, 4.69) is 38.0 Å². The highest BCUT2D eigenvalue weighted by Crippen LogP contribution is 2.22. The Hall–Kier alpha value is -0.0800. The van der Waals surface area contributed by atoms with Crippen molar-refractivity contribution in [2.45, 2.75) is 58.5 Å². The summed E-state index contributed by atoms with van der Waals surface area (Å²) in [5, 5.41) is 3.47. The van der Waals surface area contributed by atoms with Gasteiger partial charge in [0.05, 0.1) is 0 Å². The molecular formula is C13H28N2. The number of hydrogen-bond acceptors (Lipinski definition) is 2. The first-order valence-electron chi connectivity index (χ1n) is 6.64. The molecule has 0 aromatic rings. The first-order valence-corrected chi connectivity index (χ1v) is 6.64. The molecule has 0 amide bonds. The smallest absolute Gasteiger partial charge is 0.0117 e. The Morgan fingerprint density at radius 3 is 2.67 bits per heavy atom. The predicted molar refractivity (Wildman–Crippen MR) is 67.2 cm³/mol. The third-order valence-corrected chi connectivity index (χ3v) is 3.99. The van der Waals surface area contributed by atoms with Crippen molar-refractivity contribution in [3.05, 3.63) is 0 Å². The molecule has 0 bridgehead atoms. The van der Waals surface area contributed by atoms with Gasteiger partial charge in [-0.05, 0) is 39.3 Å². The van der Waals surface area contributed by atoms with Crippen LogP contribution >= 0.6 is 0 Å². The fourth-order valence-corrected chi connectivity index (χ4v) is 2.85. The normalized spacial score (nSPS) is 30.4. The highest BCUT2D eigenvalue weighted by molar-refractivity contribution is 4.85. The fraction of sp³-hybridized carbons (Fsp3) is 1.00. The minimum Gasteiger partial charge on any atom is -0.317 e. The van der Waals surface area contributed by atoms with Gasteiger partial charge < -0.3 is 10.2 Å². The van der Waals surface area contributed by atoms with Crippen LogP contribution in [0.25, 0.3) is 0 Å². The monoisotopic (exact) mass is 212 g/mol. The number of rotatable bonds is 5. The number of nitrogens with zero attached hydrogens (tertiary/aromatic N) is 1. The van der Waals surface area contributed by atoms with Crippen molar-refractivity contribution in [1.29, 1.82) is 0 Å². The fourth-order valence-electron chi connectivity index (χ4n) is 2.85. The summed E-state index contributed by atoms with van der Waals surface area (Å²) >= 11 is 0. The van der Waals surface area contributed by atoms with Crippen LogP contribution in [0.3, 0.4) is 0 Å². The summed E-state index contributed by atoms with van der Waals surface area (Å²) in [7, 11) is 2.11. The van der Waals surface area contributed by atoms with Crippen LogP contribution in [0.15, 0.2) is 0 Å². The molecule has 15 heavy (non-hydrogen) atoms. The second kappa shape index (κ2) is 6.49. The van der Waals surface area contributed by atoms with E-state index < -0.39 is 0 Å². The molecule has 90 valence electrons. The van der Waals surface area contributed by atoms with Crippen LogP contribution in [0.5, 0.6) is 0 Å². The summed E-state index contributed by atoms with van der Waals surface area (Å²) in [5.74, 6) is 0.850. The van der Waals surface area contributed by atoms with Crippen LogP contribution in [-0.4, -0.2) is 37.1 Å². The Morgan fingerprint density at radius 1 is 1.40 bits per heavy atom. The molecule has 1 heterocycles. The molecule has 0 aromatic carbocycles. The minimum absolute atomic E-state index is 0.750. The van der Waals surface area contributed by atoms with Crippen molar-refractivity contribution < 1.29 is 0 Å². The molecule has 2 heteroatoms. The van der Waals surface area contributed by atoms with Gasteiger partial charge in [-0.15, -0.1) is 0 Å². The summed E-state index contributed by atoms with van der Waals surface area (Å²) in [6.45, 7) is 9.57. The first-order chi connectivity index (χ1) is 7.22. The summed E-state index contributed by atoms with van der Waals surface area (Å²) in [4.78, 5) is 2.69. The molecule has 1 saturated heterocycles. The summed E-state index contributed by atoms with van der Waals surface area (Å²) in [5.41, 5.74) is 0. The van der Waals surface area contributed by atoms with E-state index >= 15 is 0 Å². The number of piperidine rings is 1. The van der Waals surface area contributed by atoms with Gasteiger partial charge in [-0.1, -0.05) is 26.7 Å². The van der Waals surface area contributed by atoms with Crippen LogP contribution in [0.4, 0.5) is 0 Å². The van der Waals surface area contributed by atoms with Crippen molar-refractivity contribution in [3.63, 3.8) is 0 Å². The highest BCUT2D eigenvalue weighted by Gasteiger charge is 2.28. The molecule has 0 radical (unpaired) electrons. The van der Waals surface area contributed by atoms with Crippen molar-refractivity contribution in [2.24, 2.45) is 5.92 Å². The maximum atomic E-state index is 3.47. The van der Waals surface area contributed by atoms with Crippen molar-refractivity contribution >= 4 is 0 Å². The summed E-state index contributed by atoms with van der Waals surface area (Å²) in [6, 6.07) is 1.53. The molecule has 1 aliphatic heterocycles. The summed E-state index contributed by atoms with van der Waals surface area (Å²) in [6.07, 6.45) is 5.29. The van der Waals surface area contributed by atoms with Gasteiger partial charge >= 0.3 is 0 Å². The lowest BCUT2D eigenvalue weighted by Crippen LogP contribution is -2.50. The average Bonchev–Trinajstić information content (AvgIpc) is 2.28. The van der Waals surface area contributed by atoms with E-state index in [9.17, 15) is 0 Å². The van der Waals surface area contributed by atoms with E-state index in [0.29, 0.717) is 0 Å². The van der Waals surface area contributed by atoms with E-state index in [4.69, 9.17) is 0 Å². The molecule has 1 N–H and O–H groups in total. The van der Waals surface area contributed by atoms with Crippen molar-refractivity contribution in [1.82, 2.24) is 10.2 Å². The minimum atomic E-state index is 0.750. The Kier molecular flexibility index (Phi) is 5.62. The maximum Gasteiger partial charge on any atom is 0.0117 e. The molecule has 3 atom stereocenters. The molecule has 1 rings (SSSR count). The van der Waals surface area contributed by atoms with Crippen molar-refractivity contribution in [2.75, 3.05) is 20.1 Å². The molecule has 1 fully saturated rings. The zero-order chi connectivity index (χ0) is 11.3. The zero-order valence-corrected chi connectivity index (χ0v) is 10.9. The molecule has 2 nitrogen and oxygen atoms in total. The number of hydrogen-bond donors (Lipinski definition) is 1. The predicted octanol–water partition coefficient (Wildman–Crippen LogP) is 2.49. The van der Waals surface area contributed by atoms with E-state index in [0.717, 1.165) is 18.0 Å². The molecule has 1 aliphatic rings. The number of likely N-dealkylation sites (tertiary alicyclic amines) is 1. The lowest BCUT2D eigenvalue weighted by atomic mass is 9.89.